The molecule has 0 saturated carbocycles. The first kappa shape index (κ1) is 20.1. The minimum atomic E-state index is -0.312. The summed E-state index contributed by atoms with van der Waals surface area (Å²) in [5, 5.41) is 2.95. The maximum atomic E-state index is 13.2. The average molecular weight is 383 g/mol. The smallest absolute Gasteiger partial charge is 0.258 e. The third-order valence-electron chi connectivity index (χ3n) is 5.26. The molecule has 1 aliphatic carbocycles. The number of amides is 1. The predicted octanol–water partition coefficient (Wildman–Crippen LogP) is 4.72. The van der Waals surface area contributed by atoms with Gasteiger partial charge < -0.3 is 10.1 Å². The Kier molecular flexibility index (Phi) is 5.82. The lowest BCUT2D eigenvalue weighted by Gasteiger charge is -2.23. The lowest BCUT2D eigenvalue weighted by Crippen LogP contribution is -2.35. The van der Waals surface area contributed by atoms with E-state index in [1.54, 1.807) is 18.2 Å². The Morgan fingerprint density at radius 2 is 1.89 bits per heavy atom. The average Bonchev–Trinajstić information content (AvgIpc) is 2.95. The van der Waals surface area contributed by atoms with E-state index in [-0.39, 0.29) is 42.0 Å². The summed E-state index contributed by atoms with van der Waals surface area (Å²) in [6, 6.07) is 9.56. The third kappa shape index (κ3) is 4.08. The second-order valence-electron chi connectivity index (χ2n) is 7.83. The van der Waals surface area contributed by atoms with Crippen LogP contribution in [-0.2, 0) is 4.79 Å². The summed E-state index contributed by atoms with van der Waals surface area (Å²) in [5.74, 6) is 0.231. The van der Waals surface area contributed by atoms with E-state index in [1.165, 1.54) is 12.1 Å². The highest BCUT2D eigenvalue weighted by molar-refractivity contribution is 6.04. The van der Waals surface area contributed by atoms with Crippen LogP contribution in [0.15, 0.2) is 36.4 Å². The number of hydrogen-bond acceptors (Lipinski definition) is 3. The van der Waals surface area contributed by atoms with Gasteiger partial charge in [-0.1, -0.05) is 39.0 Å². The van der Waals surface area contributed by atoms with E-state index in [2.05, 4.69) is 5.32 Å². The summed E-state index contributed by atoms with van der Waals surface area (Å²) >= 11 is 0. The van der Waals surface area contributed by atoms with Crippen molar-refractivity contribution in [3.8, 4) is 5.75 Å². The topological polar surface area (TPSA) is 55.4 Å². The van der Waals surface area contributed by atoms with E-state index in [4.69, 9.17) is 4.74 Å². The summed E-state index contributed by atoms with van der Waals surface area (Å²) in [6.45, 7) is 7.81. The molecule has 0 fully saturated rings. The fraction of sp³-hybridized carbons (Fsp3) is 0.391. The van der Waals surface area contributed by atoms with Crippen molar-refractivity contribution in [1.82, 2.24) is 5.32 Å². The summed E-state index contributed by atoms with van der Waals surface area (Å²) < 4.78 is 18.9. The number of rotatable bonds is 6. The number of hydrogen-bond donors (Lipinski definition) is 1. The Bertz CT molecular complexity index is 889. The van der Waals surface area contributed by atoms with E-state index < -0.39 is 0 Å². The molecule has 0 spiro atoms. The largest absolute Gasteiger partial charge is 0.483 e. The van der Waals surface area contributed by atoms with Crippen molar-refractivity contribution < 1.29 is 18.7 Å². The molecule has 28 heavy (non-hydrogen) atoms. The first-order valence-electron chi connectivity index (χ1n) is 9.62. The van der Waals surface area contributed by atoms with Gasteiger partial charge in [-0.05, 0) is 53.6 Å². The quantitative estimate of drug-likeness (QED) is 0.785. The van der Waals surface area contributed by atoms with E-state index in [1.807, 2.05) is 33.8 Å². The van der Waals surface area contributed by atoms with Crippen LogP contribution in [0.25, 0.3) is 0 Å². The van der Waals surface area contributed by atoms with Crippen molar-refractivity contribution in [1.29, 1.82) is 0 Å². The number of carbonyl (C=O) groups excluding carboxylic acids is 2. The highest BCUT2D eigenvalue weighted by Crippen LogP contribution is 2.40. The number of aryl methyl sites for hydroxylation is 1. The Labute approximate surface area is 165 Å². The number of ketones is 1. The molecule has 3 rings (SSSR count). The summed E-state index contributed by atoms with van der Waals surface area (Å²) in [4.78, 5) is 24.9. The maximum Gasteiger partial charge on any atom is 0.258 e. The number of nitrogens with one attached hydrogen (secondary N) is 1. The van der Waals surface area contributed by atoms with Crippen molar-refractivity contribution >= 4 is 11.7 Å². The zero-order valence-corrected chi connectivity index (χ0v) is 16.7. The second kappa shape index (κ2) is 8.13. The first-order chi connectivity index (χ1) is 13.3. The van der Waals surface area contributed by atoms with Crippen LogP contribution in [0.1, 0.15) is 66.2 Å². The van der Waals surface area contributed by atoms with Crippen LogP contribution >= 0.6 is 0 Å². The van der Waals surface area contributed by atoms with Gasteiger partial charge in [0.2, 0.25) is 0 Å². The minimum absolute atomic E-state index is 0.0629. The standard InChI is InChI=1S/C23H26FNO3/c1-13(2)23(16-6-8-17(24)9-7-16)25-20(27)12-28-19-10-5-14(3)21-15(4)11-18(26)22(19)21/h5-10,13,15,23H,11-12H2,1-4H3,(H,25,27). The summed E-state index contributed by atoms with van der Waals surface area (Å²) in [7, 11) is 0. The highest BCUT2D eigenvalue weighted by Gasteiger charge is 2.31. The molecule has 1 N–H and O–H groups in total. The van der Waals surface area contributed by atoms with Crippen LogP contribution in [0.2, 0.25) is 0 Å². The van der Waals surface area contributed by atoms with Gasteiger partial charge in [-0.25, -0.2) is 4.39 Å². The molecular formula is C23H26FNO3. The molecule has 0 aromatic heterocycles. The van der Waals surface area contributed by atoms with Crippen molar-refractivity contribution in [2.75, 3.05) is 6.61 Å². The van der Waals surface area contributed by atoms with Crippen LogP contribution in [0.4, 0.5) is 4.39 Å². The number of benzene rings is 2. The van der Waals surface area contributed by atoms with Gasteiger partial charge in [0.25, 0.3) is 5.91 Å². The Hall–Kier alpha value is -2.69. The van der Waals surface area contributed by atoms with Crippen molar-refractivity contribution in [2.45, 2.75) is 46.1 Å². The van der Waals surface area contributed by atoms with E-state index in [0.717, 1.165) is 16.7 Å². The van der Waals surface area contributed by atoms with Crippen molar-refractivity contribution in [3.05, 3.63) is 64.5 Å². The molecule has 1 aliphatic rings. The molecule has 1 amide bonds. The molecule has 0 aliphatic heterocycles. The van der Waals surface area contributed by atoms with E-state index in [9.17, 15) is 14.0 Å². The zero-order valence-electron chi connectivity index (χ0n) is 16.7. The number of fused-ring (bicyclic) bond motifs is 1. The minimum Gasteiger partial charge on any atom is -0.483 e. The van der Waals surface area contributed by atoms with Crippen LogP contribution in [0.3, 0.4) is 0 Å². The molecule has 0 saturated heterocycles. The third-order valence-corrected chi connectivity index (χ3v) is 5.26. The van der Waals surface area contributed by atoms with Gasteiger partial charge in [-0.3, -0.25) is 9.59 Å². The molecule has 0 bridgehead atoms. The number of ether oxygens (including phenoxy) is 1. The molecule has 2 aromatic carbocycles. The van der Waals surface area contributed by atoms with Gasteiger partial charge in [-0.2, -0.15) is 0 Å². The van der Waals surface area contributed by atoms with Crippen LogP contribution in [0.5, 0.6) is 5.75 Å². The van der Waals surface area contributed by atoms with Crippen LogP contribution in [-0.4, -0.2) is 18.3 Å². The van der Waals surface area contributed by atoms with Crippen molar-refractivity contribution in [2.24, 2.45) is 5.92 Å². The molecular weight excluding hydrogens is 357 g/mol. The Morgan fingerprint density at radius 3 is 2.54 bits per heavy atom. The zero-order chi connectivity index (χ0) is 20.4. The highest BCUT2D eigenvalue weighted by atomic mass is 19.1. The molecule has 0 heterocycles. The van der Waals surface area contributed by atoms with Gasteiger partial charge in [0.05, 0.1) is 11.6 Å². The summed E-state index contributed by atoms with van der Waals surface area (Å²) in [6.07, 6.45) is 0.475. The fourth-order valence-corrected chi connectivity index (χ4v) is 3.89. The number of carbonyl (C=O) groups is 2. The fourth-order valence-electron chi connectivity index (χ4n) is 3.89. The molecule has 2 aromatic rings. The number of halogens is 1. The van der Waals surface area contributed by atoms with E-state index >= 15 is 0 Å². The van der Waals surface area contributed by atoms with E-state index in [0.29, 0.717) is 17.7 Å². The first-order valence-corrected chi connectivity index (χ1v) is 9.62. The van der Waals surface area contributed by atoms with Gasteiger partial charge in [0.15, 0.2) is 12.4 Å². The van der Waals surface area contributed by atoms with Gasteiger partial charge >= 0.3 is 0 Å². The van der Waals surface area contributed by atoms with Gasteiger partial charge in [-0.15, -0.1) is 0 Å². The van der Waals surface area contributed by atoms with Gasteiger partial charge in [0.1, 0.15) is 11.6 Å². The Morgan fingerprint density at radius 1 is 1.21 bits per heavy atom. The lowest BCUT2D eigenvalue weighted by molar-refractivity contribution is -0.124. The second-order valence-corrected chi connectivity index (χ2v) is 7.83. The molecule has 2 atom stereocenters. The SMILES string of the molecule is Cc1ccc(OCC(=O)NC(c2ccc(F)cc2)C(C)C)c2c1C(C)CC2=O. The lowest BCUT2D eigenvalue weighted by atomic mass is 9.96. The van der Waals surface area contributed by atoms with Crippen LogP contribution < -0.4 is 10.1 Å². The monoisotopic (exact) mass is 383 g/mol. The number of Topliss-reactive ketones (excluding diaryl/α,β-unsaturated/α-hetero) is 1. The van der Waals surface area contributed by atoms with Crippen molar-refractivity contribution in [3.63, 3.8) is 0 Å². The Balaban J connectivity index is 1.71. The molecule has 5 heteroatoms. The molecule has 2 unspecified atom stereocenters. The normalized spacial score (nSPS) is 16.8. The summed E-state index contributed by atoms with van der Waals surface area (Å²) in [5.41, 5.74) is 3.54. The van der Waals surface area contributed by atoms with Gasteiger partial charge in [0, 0.05) is 6.42 Å². The maximum absolute atomic E-state index is 13.2. The molecule has 0 radical (unpaired) electrons. The predicted molar refractivity (Wildman–Crippen MR) is 106 cm³/mol. The molecule has 148 valence electrons. The molecule has 4 nitrogen and oxygen atoms in total. The van der Waals surface area contributed by atoms with Crippen LogP contribution in [0, 0.1) is 18.7 Å².